The van der Waals surface area contributed by atoms with Gasteiger partial charge in [0.25, 0.3) is 0 Å². The number of hydrogen-bond acceptors (Lipinski definition) is 3. The summed E-state index contributed by atoms with van der Waals surface area (Å²) in [6.07, 6.45) is 0. The Morgan fingerprint density at radius 1 is 1.44 bits per heavy atom. The van der Waals surface area contributed by atoms with Crippen molar-refractivity contribution in [2.24, 2.45) is 0 Å². The molecule has 0 aromatic carbocycles. The van der Waals surface area contributed by atoms with Crippen molar-refractivity contribution < 1.29 is 28.1 Å². The fraction of sp³-hybridized carbons (Fsp3) is 0. The average Bonchev–Trinajstić information content (AvgIpc) is 1.21. The van der Waals surface area contributed by atoms with Crippen LogP contribution in [-0.4, -0.2) is 44.2 Å². The molecule has 1 unspecified atom stereocenters. The molecular formula is H5NaO6P2. The third-order valence-corrected chi connectivity index (χ3v) is 1.77. The molecule has 0 spiro atoms. The zero-order valence-electron chi connectivity index (χ0n) is 3.51. The van der Waals surface area contributed by atoms with Gasteiger partial charge in [0.15, 0.2) is 0 Å². The second-order valence-electron chi connectivity index (χ2n) is 0.848. The topological polar surface area (TPSA) is 104 Å². The van der Waals surface area contributed by atoms with E-state index in [9.17, 15) is 9.13 Å². The van der Waals surface area contributed by atoms with E-state index in [1.54, 1.807) is 0 Å². The summed E-state index contributed by atoms with van der Waals surface area (Å²) in [5, 5.41) is 0. The summed E-state index contributed by atoms with van der Waals surface area (Å²) >= 11 is 0. The second-order valence-corrected chi connectivity index (χ2v) is 3.09. The van der Waals surface area contributed by atoms with Crippen molar-refractivity contribution in [3.05, 3.63) is 0 Å². The summed E-state index contributed by atoms with van der Waals surface area (Å²) in [5.41, 5.74) is 0. The molecule has 0 rings (SSSR count). The van der Waals surface area contributed by atoms with Gasteiger partial charge in [-0.3, -0.25) is 4.57 Å². The Morgan fingerprint density at radius 2 is 1.78 bits per heavy atom. The van der Waals surface area contributed by atoms with Crippen LogP contribution in [0.15, 0.2) is 0 Å². The van der Waals surface area contributed by atoms with Gasteiger partial charge in [-0.2, -0.15) is 0 Å². The van der Waals surface area contributed by atoms with Gasteiger partial charge in [-0.25, -0.2) is 8.88 Å². The molecule has 9 heteroatoms. The van der Waals surface area contributed by atoms with Gasteiger partial charge in [0.05, 0.1) is 0 Å². The molecule has 0 aromatic heterocycles. The maximum absolute atomic E-state index is 9.58. The van der Waals surface area contributed by atoms with E-state index in [0.717, 1.165) is 0 Å². The van der Waals surface area contributed by atoms with Crippen LogP contribution in [0.25, 0.3) is 0 Å². The third-order valence-electron chi connectivity index (χ3n) is 0.197. The minimum absolute atomic E-state index is 0. The van der Waals surface area contributed by atoms with Crippen molar-refractivity contribution in [3.8, 4) is 0 Å². The Morgan fingerprint density at radius 3 is 1.78 bits per heavy atom. The van der Waals surface area contributed by atoms with Gasteiger partial charge in [-0.05, 0) is 0 Å². The van der Waals surface area contributed by atoms with Crippen LogP contribution in [0, 0.1) is 0 Å². The molecule has 52 valence electrons. The zero-order valence-corrected chi connectivity index (χ0v) is 5.41. The first-order chi connectivity index (χ1) is 3.42. The molecule has 0 amide bonds. The molecular weight excluding hydrogens is 181 g/mol. The van der Waals surface area contributed by atoms with Gasteiger partial charge in [-0.1, -0.05) is 0 Å². The van der Waals surface area contributed by atoms with Crippen molar-refractivity contribution in [2.75, 3.05) is 0 Å². The van der Waals surface area contributed by atoms with Gasteiger partial charge < -0.3 is 14.7 Å². The molecule has 0 aliphatic heterocycles. The number of rotatable bonds is 2. The van der Waals surface area contributed by atoms with Crippen LogP contribution in [0.3, 0.4) is 0 Å². The summed E-state index contributed by atoms with van der Waals surface area (Å²) in [6, 6.07) is 0. The standard InChI is InChI=1S/Na.H4O6P2.H/c;1-7(2)6-8(3,4)5;/h;7H,(H,1,2)(H2,3,4,5);. The fourth-order valence-electron chi connectivity index (χ4n) is 0.102. The molecule has 9 heavy (non-hydrogen) atoms. The predicted octanol–water partition coefficient (Wildman–Crippen LogP) is -1.17. The van der Waals surface area contributed by atoms with Gasteiger partial charge >= 0.3 is 45.6 Å². The Bertz CT molecular complexity index is 134. The molecule has 0 radical (unpaired) electrons. The van der Waals surface area contributed by atoms with E-state index < -0.39 is 16.1 Å². The van der Waals surface area contributed by atoms with Crippen molar-refractivity contribution in [2.45, 2.75) is 0 Å². The summed E-state index contributed by atoms with van der Waals surface area (Å²) in [7, 11) is -8.24. The van der Waals surface area contributed by atoms with E-state index in [0.29, 0.717) is 0 Å². The molecule has 0 bridgehead atoms. The molecule has 0 saturated carbocycles. The average molecular weight is 186 g/mol. The Balaban J connectivity index is 0. The van der Waals surface area contributed by atoms with Crippen LogP contribution in [0.4, 0.5) is 0 Å². The number of phosphoric acid groups is 1. The summed E-state index contributed by atoms with van der Waals surface area (Å²) in [5.74, 6) is 0. The van der Waals surface area contributed by atoms with Crippen LogP contribution in [0.2, 0.25) is 0 Å². The molecule has 0 heterocycles. The van der Waals surface area contributed by atoms with E-state index in [2.05, 4.69) is 4.31 Å². The van der Waals surface area contributed by atoms with Crippen LogP contribution in [0.5, 0.6) is 0 Å². The molecule has 0 aromatic rings. The number of hydrogen-bond donors (Lipinski definition) is 3. The van der Waals surface area contributed by atoms with Gasteiger partial charge in [0, 0.05) is 0 Å². The first kappa shape index (κ1) is 12.9. The fourth-order valence-corrected chi connectivity index (χ4v) is 0.916. The van der Waals surface area contributed by atoms with Crippen LogP contribution in [-0.2, 0) is 13.4 Å². The van der Waals surface area contributed by atoms with Crippen LogP contribution >= 0.6 is 16.1 Å². The first-order valence-electron chi connectivity index (χ1n) is 1.40. The SMILES string of the molecule is O=[PH](O)OP(=O)(O)O.[NaH]. The van der Waals surface area contributed by atoms with Crippen LogP contribution in [0.1, 0.15) is 0 Å². The Hall–Kier alpha value is 1.30. The van der Waals surface area contributed by atoms with Gasteiger partial charge in [0.2, 0.25) is 0 Å². The predicted molar refractivity (Wildman–Crippen MR) is 31.5 cm³/mol. The second kappa shape index (κ2) is 5.02. The van der Waals surface area contributed by atoms with Crippen molar-refractivity contribution in [3.63, 3.8) is 0 Å². The van der Waals surface area contributed by atoms with Crippen LogP contribution < -0.4 is 0 Å². The molecule has 0 fully saturated rings. The maximum atomic E-state index is 9.58. The van der Waals surface area contributed by atoms with E-state index in [1.807, 2.05) is 0 Å². The van der Waals surface area contributed by atoms with Gasteiger partial charge in [0.1, 0.15) is 0 Å². The summed E-state index contributed by atoms with van der Waals surface area (Å²) < 4.78 is 22.3. The first-order valence-corrected chi connectivity index (χ1v) is 4.19. The van der Waals surface area contributed by atoms with E-state index >= 15 is 0 Å². The normalized spacial score (nSPS) is 14.1. The van der Waals surface area contributed by atoms with Crippen molar-refractivity contribution >= 4 is 45.6 Å². The zero-order chi connectivity index (χ0) is 6.78. The molecule has 6 nitrogen and oxygen atoms in total. The molecule has 3 N–H and O–H groups in total. The molecule has 0 aliphatic carbocycles. The quantitative estimate of drug-likeness (QED) is 0.370. The van der Waals surface area contributed by atoms with E-state index in [4.69, 9.17) is 14.7 Å². The van der Waals surface area contributed by atoms with Crippen molar-refractivity contribution in [1.29, 1.82) is 0 Å². The summed E-state index contributed by atoms with van der Waals surface area (Å²) in [4.78, 5) is 23.2. The monoisotopic (exact) mass is 186 g/mol. The van der Waals surface area contributed by atoms with Gasteiger partial charge in [-0.15, -0.1) is 0 Å². The molecule has 0 saturated heterocycles. The molecule has 0 aliphatic rings. The summed E-state index contributed by atoms with van der Waals surface area (Å²) in [6.45, 7) is 0. The van der Waals surface area contributed by atoms with Crippen molar-refractivity contribution in [1.82, 2.24) is 0 Å². The minimum atomic E-state index is -4.74. The van der Waals surface area contributed by atoms with E-state index in [1.165, 1.54) is 0 Å². The Kier molecular flexibility index (Phi) is 7.21. The van der Waals surface area contributed by atoms with E-state index in [-0.39, 0.29) is 29.6 Å². The Labute approximate surface area is 73.7 Å². The third kappa shape index (κ3) is 12.5. The molecule has 1 atom stereocenters.